The molecule has 2 saturated heterocycles. The molecule has 0 bridgehead atoms. The quantitative estimate of drug-likeness (QED) is 0.633. The number of carbonyl (C=O) groups is 1. The van der Waals surface area contributed by atoms with Gasteiger partial charge >= 0.3 is 5.97 Å². The number of fused-ring (bicyclic) bond motifs is 1. The number of rotatable bonds is 5. The highest BCUT2D eigenvalue weighted by Gasteiger charge is 2.51. The molecule has 0 aliphatic carbocycles. The van der Waals surface area contributed by atoms with E-state index < -0.39 is 43.0 Å². The van der Waals surface area contributed by atoms with Crippen molar-refractivity contribution in [3.8, 4) is 0 Å². The Hall–Kier alpha value is -1.77. The van der Waals surface area contributed by atoms with Crippen molar-refractivity contribution in [3.05, 3.63) is 48.6 Å². The summed E-state index contributed by atoms with van der Waals surface area (Å²) in [5.74, 6) is -0.515. The van der Waals surface area contributed by atoms with Crippen molar-refractivity contribution in [2.45, 2.75) is 43.9 Å². The van der Waals surface area contributed by atoms with Crippen molar-refractivity contribution in [1.82, 2.24) is 0 Å². The Morgan fingerprint density at radius 3 is 2.80 bits per heavy atom. The van der Waals surface area contributed by atoms with Crippen molar-refractivity contribution in [1.29, 1.82) is 0 Å². The Kier molecular flexibility index (Phi) is 5.82. The number of ether oxygens (including phenoxy) is 5. The van der Waals surface area contributed by atoms with E-state index in [1.807, 2.05) is 30.3 Å². The predicted octanol–water partition coefficient (Wildman–Crippen LogP) is 1.32. The van der Waals surface area contributed by atoms with E-state index in [1.54, 1.807) is 6.08 Å². The molecule has 1 unspecified atom stereocenters. The molecule has 7 heteroatoms. The van der Waals surface area contributed by atoms with Gasteiger partial charge in [0.1, 0.15) is 18.3 Å². The molecule has 2 heterocycles. The fourth-order valence-corrected chi connectivity index (χ4v) is 2.97. The molecule has 2 aliphatic rings. The Bertz CT molecular complexity index is 590. The zero-order valence-corrected chi connectivity index (χ0v) is 13.9. The maximum absolute atomic E-state index is 11.5. The maximum Gasteiger partial charge on any atom is 0.303 e. The van der Waals surface area contributed by atoms with Gasteiger partial charge in [0.25, 0.3) is 0 Å². The van der Waals surface area contributed by atoms with Gasteiger partial charge in [-0.25, -0.2) is 0 Å². The topological polar surface area (TPSA) is 83.5 Å². The molecule has 3 rings (SSSR count). The van der Waals surface area contributed by atoms with E-state index in [2.05, 4.69) is 6.58 Å². The number of aliphatic hydroxyl groups is 1. The fourth-order valence-electron chi connectivity index (χ4n) is 2.97. The minimum atomic E-state index is -1.18. The minimum absolute atomic E-state index is 0.195. The van der Waals surface area contributed by atoms with Gasteiger partial charge in [-0.2, -0.15) is 0 Å². The first-order chi connectivity index (χ1) is 12.1. The molecule has 25 heavy (non-hydrogen) atoms. The summed E-state index contributed by atoms with van der Waals surface area (Å²) in [6.45, 7) is 5.27. The van der Waals surface area contributed by atoms with E-state index in [0.29, 0.717) is 0 Å². The van der Waals surface area contributed by atoms with Gasteiger partial charge in [-0.05, 0) is 0 Å². The Morgan fingerprint density at radius 1 is 1.36 bits per heavy atom. The third-order valence-corrected chi connectivity index (χ3v) is 4.06. The number of hydrogen-bond acceptors (Lipinski definition) is 7. The van der Waals surface area contributed by atoms with Crippen LogP contribution in [-0.4, -0.2) is 55.0 Å². The lowest BCUT2D eigenvalue weighted by Gasteiger charge is -2.47. The lowest BCUT2D eigenvalue weighted by molar-refractivity contribution is -0.360. The van der Waals surface area contributed by atoms with Crippen molar-refractivity contribution >= 4 is 5.97 Å². The molecule has 0 amide bonds. The molecule has 0 spiro atoms. The monoisotopic (exact) mass is 350 g/mol. The summed E-state index contributed by atoms with van der Waals surface area (Å²) in [7, 11) is 0. The molecule has 136 valence electrons. The van der Waals surface area contributed by atoms with E-state index in [-0.39, 0.29) is 13.2 Å². The first-order valence-corrected chi connectivity index (χ1v) is 8.15. The molecule has 7 nitrogen and oxygen atoms in total. The van der Waals surface area contributed by atoms with Crippen LogP contribution >= 0.6 is 0 Å². The molecule has 2 aliphatic heterocycles. The van der Waals surface area contributed by atoms with Crippen LogP contribution < -0.4 is 0 Å². The van der Waals surface area contributed by atoms with Gasteiger partial charge < -0.3 is 28.8 Å². The zero-order valence-electron chi connectivity index (χ0n) is 13.9. The van der Waals surface area contributed by atoms with Gasteiger partial charge in [-0.3, -0.25) is 4.79 Å². The first-order valence-electron chi connectivity index (χ1n) is 8.15. The van der Waals surface area contributed by atoms with Crippen LogP contribution in [0.3, 0.4) is 0 Å². The van der Waals surface area contributed by atoms with Crippen LogP contribution in [0.1, 0.15) is 18.8 Å². The van der Waals surface area contributed by atoms with E-state index in [4.69, 9.17) is 23.7 Å². The standard InChI is InChI=1S/C18H22O7/c1-3-9-21-18-14(20)16(23-11(2)19)15-13(24-18)10-22-17(25-15)12-7-5-4-6-8-12/h3-8,13-18,20H,1,9-10H2,2H3/t13-,14-,15-,16-,17?,18+/m1/s1. The molecular formula is C18H22O7. The second-order valence-corrected chi connectivity index (χ2v) is 5.91. The van der Waals surface area contributed by atoms with Gasteiger partial charge in [-0.1, -0.05) is 36.4 Å². The third kappa shape index (κ3) is 4.08. The Morgan fingerprint density at radius 2 is 2.12 bits per heavy atom. The van der Waals surface area contributed by atoms with E-state index in [0.717, 1.165) is 5.56 Å². The average molecular weight is 350 g/mol. The molecular weight excluding hydrogens is 328 g/mol. The second-order valence-electron chi connectivity index (χ2n) is 5.91. The van der Waals surface area contributed by atoms with Crippen molar-refractivity contribution < 1.29 is 33.6 Å². The molecule has 1 aromatic carbocycles. The number of aliphatic hydroxyl groups excluding tert-OH is 1. The smallest absolute Gasteiger partial charge is 0.303 e. The molecule has 2 fully saturated rings. The summed E-state index contributed by atoms with van der Waals surface area (Å²) < 4.78 is 28.2. The van der Waals surface area contributed by atoms with Crippen LogP contribution in [0.4, 0.5) is 0 Å². The van der Waals surface area contributed by atoms with Crippen LogP contribution in [0.2, 0.25) is 0 Å². The summed E-state index contributed by atoms with van der Waals surface area (Å²) in [5, 5.41) is 10.5. The summed E-state index contributed by atoms with van der Waals surface area (Å²) in [6.07, 6.45) is -3.32. The largest absolute Gasteiger partial charge is 0.457 e. The predicted molar refractivity (Wildman–Crippen MR) is 86.4 cm³/mol. The number of carbonyl (C=O) groups excluding carboxylic acids is 1. The number of esters is 1. The molecule has 0 aromatic heterocycles. The van der Waals surface area contributed by atoms with Crippen LogP contribution in [0.5, 0.6) is 0 Å². The number of benzene rings is 1. The van der Waals surface area contributed by atoms with Crippen LogP contribution in [0.25, 0.3) is 0 Å². The fraction of sp³-hybridized carbons (Fsp3) is 0.500. The highest BCUT2D eigenvalue weighted by Crippen LogP contribution is 2.35. The van der Waals surface area contributed by atoms with Crippen LogP contribution in [0, 0.1) is 0 Å². The number of hydrogen-bond donors (Lipinski definition) is 1. The van der Waals surface area contributed by atoms with Crippen molar-refractivity contribution in [3.63, 3.8) is 0 Å². The highest BCUT2D eigenvalue weighted by molar-refractivity contribution is 5.66. The SMILES string of the molecule is C=CCO[C@H]1O[C@@H]2COC(c3ccccc3)O[C@H]2[C@H](OC(C)=O)[C@H]1O. The second kappa shape index (κ2) is 8.07. The highest BCUT2D eigenvalue weighted by atomic mass is 16.8. The molecule has 6 atom stereocenters. The van der Waals surface area contributed by atoms with Crippen molar-refractivity contribution in [2.75, 3.05) is 13.2 Å². The maximum atomic E-state index is 11.5. The van der Waals surface area contributed by atoms with Crippen LogP contribution in [-0.2, 0) is 28.5 Å². The lowest BCUT2D eigenvalue weighted by atomic mass is 9.97. The Labute approximate surface area is 146 Å². The first kappa shape index (κ1) is 18.0. The third-order valence-electron chi connectivity index (χ3n) is 4.06. The zero-order chi connectivity index (χ0) is 17.8. The summed E-state index contributed by atoms with van der Waals surface area (Å²) in [4.78, 5) is 11.5. The van der Waals surface area contributed by atoms with Gasteiger partial charge in [0, 0.05) is 12.5 Å². The molecule has 0 radical (unpaired) electrons. The van der Waals surface area contributed by atoms with Gasteiger partial charge in [0.05, 0.1) is 13.2 Å². The molecule has 1 N–H and O–H groups in total. The van der Waals surface area contributed by atoms with Gasteiger partial charge in [0.2, 0.25) is 0 Å². The lowest BCUT2D eigenvalue weighted by Crippen LogP contribution is -2.63. The van der Waals surface area contributed by atoms with Gasteiger partial charge in [0.15, 0.2) is 18.7 Å². The molecule has 1 aromatic rings. The average Bonchev–Trinajstić information content (AvgIpc) is 2.63. The summed E-state index contributed by atoms with van der Waals surface area (Å²) in [6, 6.07) is 9.40. The normalized spacial score (nSPS) is 34.8. The van der Waals surface area contributed by atoms with Crippen LogP contribution in [0.15, 0.2) is 43.0 Å². The minimum Gasteiger partial charge on any atom is -0.457 e. The summed E-state index contributed by atoms with van der Waals surface area (Å²) >= 11 is 0. The summed E-state index contributed by atoms with van der Waals surface area (Å²) in [5.41, 5.74) is 0.835. The van der Waals surface area contributed by atoms with E-state index in [9.17, 15) is 9.90 Å². The molecule has 0 saturated carbocycles. The van der Waals surface area contributed by atoms with Crippen molar-refractivity contribution in [2.24, 2.45) is 0 Å². The van der Waals surface area contributed by atoms with E-state index >= 15 is 0 Å². The van der Waals surface area contributed by atoms with Gasteiger partial charge in [-0.15, -0.1) is 6.58 Å². The Balaban J connectivity index is 1.78. The van der Waals surface area contributed by atoms with E-state index in [1.165, 1.54) is 6.92 Å².